The minimum absolute atomic E-state index is 0.709. The topological polar surface area (TPSA) is 48.5 Å². The molecule has 0 spiro atoms. The van der Waals surface area contributed by atoms with Crippen molar-refractivity contribution in [3.05, 3.63) is 164 Å². The van der Waals surface area contributed by atoms with Crippen molar-refractivity contribution in [3.63, 3.8) is 0 Å². The van der Waals surface area contributed by atoms with Gasteiger partial charge in [0.1, 0.15) is 0 Å². The number of para-hydroxylation sites is 4. The highest BCUT2D eigenvalue weighted by Crippen LogP contribution is 2.37. The number of fused-ring (bicyclic) bond motifs is 7. The van der Waals surface area contributed by atoms with Crippen LogP contribution in [-0.2, 0) is 0 Å². The Morgan fingerprint density at radius 3 is 1.75 bits per heavy atom. The van der Waals surface area contributed by atoms with E-state index in [9.17, 15) is 0 Å². The van der Waals surface area contributed by atoms with Gasteiger partial charge >= 0.3 is 0 Å². The molecule has 0 N–H and O–H groups in total. The molecule has 0 saturated heterocycles. The Labute approximate surface area is 276 Å². The van der Waals surface area contributed by atoms with Gasteiger partial charge in [-0.05, 0) is 66.7 Å². The molecule has 4 heterocycles. The Kier molecular flexibility index (Phi) is 5.81. The third-order valence-corrected chi connectivity index (χ3v) is 9.42. The van der Waals surface area contributed by atoms with Crippen LogP contribution in [0.3, 0.4) is 0 Å². The van der Waals surface area contributed by atoms with Crippen LogP contribution in [0.25, 0.3) is 88.5 Å². The lowest BCUT2D eigenvalue weighted by atomic mass is 10.0. The SMILES string of the molecule is c1ccc(-n2c3ccccc3c3cc(-c4nc(-c5ccc(-n6c7ccccc7c7cnccc76)cc5)c5ccccc5n4)ccc32)cc1. The van der Waals surface area contributed by atoms with Crippen molar-refractivity contribution in [1.82, 2.24) is 24.1 Å². The molecule has 10 rings (SSSR count). The summed E-state index contributed by atoms with van der Waals surface area (Å²) < 4.78 is 4.64. The molecule has 0 bridgehead atoms. The van der Waals surface area contributed by atoms with E-state index >= 15 is 0 Å². The van der Waals surface area contributed by atoms with Gasteiger partial charge in [-0.2, -0.15) is 0 Å². The molecule has 5 nitrogen and oxygen atoms in total. The zero-order valence-electron chi connectivity index (χ0n) is 25.8. The van der Waals surface area contributed by atoms with Crippen LogP contribution in [0.5, 0.6) is 0 Å². The first-order valence-electron chi connectivity index (χ1n) is 16.1. The molecule has 0 aliphatic rings. The van der Waals surface area contributed by atoms with Gasteiger partial charge in [0.25, 0.3) is 0 Å². The Hall–Kier alpha value is -6.59. The number of aromatic nitrogens is 5. The lowest BCUT2D eigenvalue weighted by Crippen LogP contribution is -1.97. The van der Waals surface area contributed by atoms with E-state index in [1.54, 1.807) is 0 Å². The lowest BCUT2D eigenvalue weighted by Gasteiger charge is -2.12. The fraction of sp³-hybridized carbons (Fsp3) is 0. The molecule has 0 aliphatic carbocycles. The van der Waals surface area contributed by atoms with Crippen LogP contribution in [-0.4, -0.2) is 24.1 Å². The number of nitrogens with zero attached hydrogens (tertiary/aromatic N) is 5. The van der Waals surface area contributed by atoms with Crippen molar-refractivity contribution >= 4 is 54.5 Å². The Balaban J connectivity index is 1.13. The third kappa shape index (κ3) is 4.01. The minimum atomic E-state index is 0.709. The maximum atomic E-state index is 5.25. The molecule has 5 heteroatoms. The van der Waals surface area contributed by atoms with Crippen molar-refractivity contribution in [2.24, 2.45) is 0 Å². The van der Waals surface area contributed by atoms with Gasteiger partial charge in [-0.25, -0.2) is 9.97 Å². The highest BCUT2D eigenvalue weighted by molar-refractivity contribution is 6.11. The summed E-state index contributed by atoms with van der Waals surface area (Å²) in [6, 6.07) is 53.3. The van der Waals surface area contributed by atoms with Gasteiger partial charge in [-0.3, -0.25) is 4.98 Å². The summed E-state index contributed by atoms with van der Waals surface area (Å²) in [5.41, 5.74) is 10.7. The van der Waals surface area contributed by atoms with Crippen LogP contribution >= 0.6 is 0 Å². The van der Waals surface area contributed by atoms with Crippen LogP contribution < -0.4 is 0 Å². The lowest BCUT2D eigenvalue weighted by molar-refractivity contribution is 1.17. The molecule has 0 atom stereocenters. The smallest absolute Gasteiger partial charge is 0.160 e. The molecule has 0 amide bonds. The van der Waals surface area contributed by atoms with Crippen molar-refractivity contribution in [2.75, 3.05) is 0 Å². The van der Waals surface area contributed by atoms with Crippen LogP contribution in [0.1, 0.15) is 0 Å². The predicted octanol–water partition coefficient (Wildman–Crippen LogP) is 10.6. The second kappa shape index (κ2) is 10.5. The van der Waals surface area contributed by atoms with E-state index in [0.29, 0.717) is 5.82 Å². The van der Waals surface area contributed by atoms with E-state index in [4.69, 9.17) is 9.97 Å². The zero-order valence-corrected chi connectivity index (χ0v) is 25.8. The van der Waals surface area contributed by atoms with Gasteiger partial charge in [0.15, 0.2) is 5.82 Å². The Bertz CT molecular complexity index is 2770. The van der Waals surface area contributed by atoms with E-state index in [0.717, 1.165) is 61.0 Å². The number of hydrogen-bond donors (Lipinski definition) is 0. The number of rotatable bonds is 4. The quantitative estimate of drug-likeness (QED) is 0.198. The summed E-state index contributed by atoms with van der Waals surface area (Å²) in [5, 5.41) is 5.75. The summed E-state index contributed by atoms with van der Waals surface area (Å²) in [6.07, 6.45) is 3.81. The highest BCUT2D eigenvalue weighted by atomic mass is 15.0. The number of pyridine rings is 1. The van der Waals surface area contributed by atoms with Gasteiger partial charge < -0.3 is 9.13 Å². The zero-order chi connectivity index (χ0) is 31.6. The molecule has 48 heavy (non-hydrogen) atoms. The molecule has 6 aromatic carbocycles. The average Bonchev–Trinajstić information content (AvgIpc) is 3.67. The van der Waals surface area contributed by atoms with Crippen LogP contribution in [0.2, 0.25) is 0 Å². The van der Waals surface area contributed by atoms with Crippen LogP contribution in [0.15, 0.2) is 164 Å². The summed E-state index contributed by atoms with van der Waals surface area (Å²) in [6.45, 7) is 0. The monoisotopic (exact) mass is 613 g/mol. The van der Waals surface area contributed by atoms with Crippen LogP contribution in [0.4, 0.5) is 0 Å². The summed E-state index contributed by atoms with van der Waals surface area (Å²) in [7, 11) is 0. The first-order chi connectivity index (χ1) is 23.8. The molecule has 0 radical (unpaired) electrons. The van der Waals surface area contributed by atoms with E-state index in [-0.39, 0.29) is 0 Å². The first kappa shape index (κ1) is 26.6. The minimum Gasteiger partial charge on any atom is -0.309 e. The Morgan fingerprint density at radius 1 is 0.396 bits per heavy atom. The van der Waals surface area contributed by atoms with Crippen LogP contribution in [0, 0.1) is 0 Å². The van der Waals surface area contributed by atoms with Crippen molar-refractivity contribution in [3.8, 4) is 34.0 Å². The predicted molar refractivity (Wildman–Crippen MR) is 197 cm³/mol. The van der Waals surface area contributed by atoms with E-state index in [2.05, 4.69) is 160 Å². The Morgan fingerprint density at radius 2 is 0.979 bits per heavy atom. The fourth-order valence-corrected chi connectivity index (χ4v) is 7.26. The number of hydrogen-bond acceptors (Lipinski definition) is 3. The van der Waals surface area contributed by atoms with Crippen molar-refractivity contribution in [2.45, 2.75) is 0 Å². The highest BCUT2D eigenvalue weighted by Gasteiger charge is 2.17. The van der Waals surface area contributed by atoms with E-state index < -0.39 is 0 Å². The molecule has 0 fully saturated rings. The van der Waals surface area contributed by atoms with Gasteiger partial charge in [0.2, 0.25) is 0 Å². The van der Waals surface area contributed by atoms with E-state index in [1.165, 1.54) is 21.7 Å². The number of benzene rings is 6. The second-order valence-corrected chi connectivity index (χ2v) is 12.1. The van der Waals surface area contributed by atoms with Gasteiger partial charge in [0, 0.05) is 61.8 Å². The summed E-state index contributed by atoms with van der Waals surface area (Å²) in [4.78, 5) is 14.7. The maximum Gasteiger partial charge on any atom is 0.160 e. The molecule has 0 aliphatic heterocycles. The van der Waals surface area contributed by atoms with Gasteiger partial charge in [0.05, 0.1) is 33.3 Å². The second-order valence-electron chi connectivity index (χ2n) is 12.1. The molecule has 0 unspecified atom stereocenters. The summed E-state index contributed by atoms with van der Waals surface area (Å²) >= 11 is 0. The largest absolute Gasteiger partial charge is 0.309 e. The van der Waals surface area contributed by atoms with Gasteiger partial charge in [-0.15, -0.1) is 0 Å². The van der Waals surface area contributed by atoms with E-state index in [1.807, 2.05) is 18.5 Å². The molecule has 224 valence electrons. The maximum absolute atomic E-state index is 5.25. The normalized spacial score (nSPS) is 11.8. The standard InChI is InChI=1S/C43H27N5/c1-2-10-30(11-3-1)47-38-16-8-5-12-32(38)35-26-29(20-23-40(35)47)43-45-37-15-7-4-14-34(37)42(46-43)28-18-21-31(22-19-28)48-39-17-9-6-13-33(39)36-27-44-25-24-41(36)48/h1-27H. The fourth-order valence-electron chi connectivity index (χ4n) is 7.26. The first-order valence-corrected chi connectivity index (χ1v) is 16.1. The summed E-state index contributed by atoms with van der Waals surface area (Å²) in [5.74, 6) is 0.709. The molecule has 0 saturated carbocycles. The average molecular weight is 614 g/mol. The molecular formula is C43H27N5. The molecule has 4 aromatic heterocycles. The molecule has 10 aromatic rings. The van der Waals surface area contributed by atoms with Gasteiger partial charge in [-0.1, -0.05) is 84.9 Å². The van der Waals surface area contributed by atoms with Crippen molar-refractivity contribution in [1.29, 1.82) is 0 Å². The third-order valence-electron chi connectivity index (χ3n) is 9.42. The van der Waals surface area contributed by atoms with Crippen molar-refractivity contribution < 1.29 is 0 Å². The molecular weight excluding hydrogens is 587 g/mol.